The molecular weight excluding hydrogens is 226 g/mol. The van der Waals surface area contributed by atoms with Gasteiger partial charge >= 0.3 is 0 Å². The third kappa shape index (κ3) is 3.95. The van der Waals surface area contributed by atoms with Crippen LogP contribution in [0.3, 0.4) is 0 Å². The van der Waals surface area contributed by atoms with Crippen molar-refractivity contribution in [2.24, 2.45) is 5.92 Å². The zero-order valence-electron chi connectivity index (χ0n) is 11.4. The number of hydrogen-bond donors (Lipinski definition) is 1. The Morgan fingerprint density at radius 3 is 2.89 bits per heavy atom. The molecule has 1 aliphatic rings. The number of nitrogens with one attached hydrogen (secondary N) is 1. The second-order valence-corrected chi connectivity index (χ2v) is 5.40. The van der Waals surface area contributed by atoms with Crippen LogP contribution in [0.5, 0.6) is 5.88 Å². The highest BCUT2D eigenvalue weighted by Gasteiger charge is 2.18. The van der Waals surface area contributed by atoms with Gasteiger partial charge in [-0.2, -0.15) is 0 Å². The molecule has 100 valence electrons. The predicted octanol–water partition coefficient (Wildman–Crippen LogP) is 2.54. The van der Waals surface area contributed by atoms with E-state index >= 15 is 0 Å². The van der Waals surface area contributed by atoms with Crippen molar-refractivity contribution in [3.05, 3.63) is 18.1 Å². The molecule has 18 heavy (non-hydrogen) atoms. The minimum Gasteiger partial charge on any atom is -0.474 e. The normalized spacial score (nSPS) is 16.4. The summed E-state index contributed by atoms with van der Waals surface area (Å²) in [6.07, 6.45) is 8.63. The zero-order chi connectivity index (χ0) is 12.8. The number of nitrogens with zero attached hydrogens (tertiary/aromatic N) is 2. The summed E-state index contributed by atoms with van der Waals surface area (Å²) in [5, 5.41) is 3.41. The van der Waals surface area contributed by atoms with Crippen LogP contribution in [-0.2, 0) is 6.54 Å². The summed E-state index contributed by atoms with van der Waals surface area (Å²) in [5.41, 5.74) is 1.06. The zero-order valence-corrected chi connectivity index (χ0v) is 11.4. The molecule has 1 aromatic rings. The van der Waals surface area contributed by atoms with Gasteiger partial charge in [-0.3, -0.25) is 0 Å². The minimum atomic E-state index is 0.351. The van der Waals surface area contributed by atoms with E-state index in [0.29, 0.717) is 12.0 Å². The van der Waals surface area contributed by atoms with Gasteiger partial charge in [0.05, 0.1) is 0 Å². The molecule has 4 heteroatoms. The molecule has 0 amide bonds. The Balaban J connectivity index is 1.91. The maximum Gasteiger partial charge on any atom is 0.221 e. The number of rotatable bonds is 6. The van der Waals surface area contributed by atoms with Crippen LogP contribution in [0.2, 0.25) is 0 Å². The van der Waals surface area contributed by atoms with E-state index in [1.54, 1.807) is 6.33 Å². The Morgan fingerprint density at radius 1 is 1.39 bits per heavy atom. The van der Waals surface area contributed by atoms with Crippen molar-refractivity contribution in [1.29, 1.82) is 0 Å². The van der Waals surface area contributed by atoms with Gasteiger partial charge in [0.2, 0.25) is 5.88 Å². The molecule has 0 unspecified atom stereocenters. The van der Waals surface area contributed by atoms with Crippen molar-refractivity contribution in [3.63, 3.8) is 0 Å². The molecule has 0 saturated heterocycles. The lowest BCUT2D eigenvalue weighted by Crippen LogP contribution is -2.21. The van der Waals surface area contributed by atoms with Crippen LogP contribution in [0, 0.1) is 5.92 Å². The minimum absolute atomic E-state index is 0.351. The maximum absolute atomic E-state index is 5.97. The molecule has 1 saturated carbocycles. The second-order valence-electron chi connectivity index (χ2n) is 5.40. The third-order valence-electron chi connectivity index (χ3n) is 3.20. The van der Waals surface area contributed by atoms with Crippen molar-refractivity contribution < 1.29 is 4.74 Å². The summed E-state index contributed by atoms with van der Waals surface area (Å²) in [6, 6.07) is 0. The van der Waals surface area contributed by atoms with E-state index in [2.05, 4.69) is 29.1 Å². The molecule has 0 aliphatic heterocycles. The van der Waals surface area contributed by atoms with Crippen molar-refractivity contribution in [1.82, 2.24) is 15.3 Å². The van der Waals surface area contributed by atoms with Gasteiger partial charge in [0.25, 0.3) is 0 Å². The topological polar surface area (TPSA) is 47.0 Å². The molecule has 1 aliphatic carbocycles. The molecule has 1 N–H and O–H groups in total. The average molecular weight is 249 g/mol. The molecule has 4 nitrogen and oxygen atoms in total. The molecule has 1 heterocycles. The summed E-state index contributed by atoms with van der Waals surface area (Å²) in [5.74, 6) is 1.40. The smallest absolute Gasteiger partial charge is 0.221 e. The van der Waals surface area contributed by atoms with Crippen LogP contribution in [-0.4, -0.2) is 22.6 Å². The maximum atomic E-state index is 5.97. The second kappa shape index (κ2) is 6.69. The van der Waals surface area contributed by atoms with Crippen LogP contribution < -0.4 is 10.1 Å². The summed E-state index contributed by atoms with van der Waals surface area (Å²) in [7, 11) is 0. The first-order valence-corrected chi connectivity index (χ1v) is 6.92. The summed E-state index contributed by atoms with van der Waals surface area (Å²) in [6.45, 7) is 6.17. The lowest BCUT2D eigenvalue weighted by Gasteiger charge is -2.15. The Bertz CT molecular complexity index is 362. The van der Waals surface area contributed by atoms with Crippen molar-refractivity contribution in [2.75, 3.05) is 6.54 Å². The van der Waals surface area contributed by atoms with E-state index < -0.39 is 0 Å². The van der Waals surface area contributed by atoms with E-state index in [1.807, 2.05) is 6.20 Å². The Labute approximate surface area is 109 Å². The lowest BCUT2D eigenvalue weighted by atomic mass is 10.2. The average Bonchev–Trinajstić information content (AvgIpc) is 2.84. The van der Waals surface area contributed by atoms with Gasteiger partial charge in [-0.25, -0.2) is 9.97 Å². The van der Waals surface area contributed by atoms with E-state index in [1.165, 1.54) is 12.8 Å². The molecule has 0 aromatic carbocycles. The Morgan fingerprint density at radius 2 is 2.17 bits per heavy atom. The quantitative estimate of drug-likeness (QED) is 0.841. The summed E-state index contributed by atoms with van der Waals surface area (Å²) >= 11 is 0. The Kier molecular flexibility index (Phi) is 4.93. The fourth-order valence-corrected chi connectivity index (χ4v) is 2.23. The first-order chi connectivity index (χ1) is 8.75. The summed E-state index contributed by atoms with van der Waals surface area (Å²) in [4.78, 5) is 8.35. The molecule has 0 atom stereocenters. The van der Waals surface area contributed by atoms with Gasteiger partial charge in [0.15, 0.2) is 0 Å². The lowest BCUT2D eigenvalue weighted by molar-refractivity contribution is 0.198. The highest BCUT2D eigenvalue weighted by molar-refractivity contribution is 5.22. The molecule has 2 rings (SSSR count). The molecule has 1 aromatic heterocycles. The molecular formula is C14H23N3O. The predicted molar refractivity (Wildman–Crippen MR) is 71.5 cm³/mol. The van der Waals surface area contributed by atoms with Crippen LogP contribution in [0.1, 0.15) is 45.1 Å². The molecule has 0 bridgehead atoms. The summed E-state index contributed by atoms with van der Waals surface area (Å²) < 4.78 is 5.97. The van der Waals surface area contributed by atoms with Gasteiger partial charge in [-0.05, 0) is 38.1 Å². The van der Waals surface area contributed by atoms with E-state index in [4.69, 9.17) is 4.74 Å². The number of hydrogen-bond acceptors (Lipinski definition) is 4. The highest BCUT2D eigenvalue weighted by Crippen LogP contribution is 2.24. The van der Waals surface area contributed by atoms with E-state index in [9.17, 15) is 0 Å². The Hall–Kier alpha value is -1.16. The monoisotopic (exact) mass is 249 g/mol. The SMILES string of the molecule is CC(C)CNCc1cncnc1OC1CCCC1. The first-order valence-electron chi connectivity index (χ1n) is 6.92. The van der Waals surface area contributed by atoms with Crippen LogP contribution in [0.4, 0.5) is 0 Å². The van der Waals surface area contributed by atoms with Crippen LogP contribution in [0.15, 0.2) is 12.5 Å². The number of ether oxygens (including phenoxy) is 1. The van der Waals surface area contributed by atoms with Crippen LogP contribution in [0.25, 0.3) is 0 Å². The largest absolute Gasteiger partial charge is 0.474 e. The third-order valence-corrected chi connectivity index (χ3v) is 3.20. The molecule has 0 spiro atoms. The van der Waals surface area contributed by atoms with Crippen LogP contribution >= 0.6 is 0 Å². The molecule has 0 radical (unpaired) electrons. The molecule has 1 fully saturated rings. The van der Waals surface area contributed by atoms with E-state index in [0.717, 1.165) is 37.4 Å². The van der Waals surface area contributed by atoms with Gasteiger partial charge < -0.3 is 10.1 Å². The van der Waals surface area contributed by atoms with E-state index in [-0.39, 0.29) is 0 Å². The standard InChI is InChI=1S/C14H23N3O/c1-11(2)7-15-8-12-9-16-10-17-14(12)18-13-5-3-4-6-13/h9-11,13,15H,3-8H2,1-2H3. The first kappa shape index (κ1) is 13.3. The van der Waals surface area contributed by atoms with Crippen molar-refractivity contribution in [3.8, 4) is 5.88 Å². The van der Waals surface area contributed by atoms with Gasteiger partial charge in [0, 0.05) is 18.3 Å². The van der Waals surface area contributed by atoms with Gasteiger partial charge in [-0.15, -0.1) is 0 Å². The fourth-order valence-electron chi connectivity index (χ4n) is 2.23. The highest BCUT2D eigenvalue weighted by atomic mass is 16.5. The van der Waals surface area contributed by atoms with Gasteiger partial charge in [-0.1, -0.05) is 13.8 Å². The van der Waals surface area contributed by atoms with Gasteiger partial charge in [0.1, 0.15) is 12.4 Å². The number of aromatic nitrogens is 2. The van der Waals surface area contributed by atoms with Crippen molar-refractivity contribution in [2.45, 2.75) is 52.2 Å². The van der Waals surface area contributed by atoms with Crippen molar-refractivity contribution >= 4 is 0 Å². The fraction of sp³-hybridized carbons (Fsp3) is 0.714.